The highest BCUT2D eigenvalue weighted by Gasteiger charge is 2.29. The summed E-state index contributed by atoms with van der Waals surface area (Å²) < 4.78 is 20.7. The van der Waals surface area contributed by atoms with Crippen LogP contribution in [0.15, 0.2) is 66.9 Å². The molecule has 1 aliphatic rings. The van der Waals surface area contributed by atoms with Crippen molar-refractivity contribution in [3.05, 3.63) is 89.5 Å². The Morgan fingerprint density at radius 1 is 1.03 bits per heavy atom. The van der Waals surface area contributed by atoms with Crippen molar-refractivity contribution in [1.82, 2.24) is 14.4 Å². The van der Waals surface area contributed by atoms with Crippen LogP contribution in [-0.2, 0) is 17.9 Å². The van der Waals surface area contributed by atoms with E-state index in [4.69, 9.17) is 4.74 Å². The first-order valence-corrected chi connectivity index (χ1v) is 13.1. The average Bonchev–Trinajstić information content (AvgIpc) is 3.38. The van der Waals surface area contributed by atoms with Crippen LogP contribution in [0.2, 0.25) is 0 Å². The van der Waals surface area contributed by atoms with Gasteiger partial charge in [-0.25, -0.2) is 4.39 Å². The number of carbonyl (C=O) groups is 2. The maximum absolute atomic E-state index is 13.8. The van der Waals surface area contributed by atoms with Crippen molar-refractivity contribution in [3.63, 3.8) is 0 Å². The van der Waals surface area contributed by atoms with Crippen molar-refractivity contribution < 1.29 is 18.7 Å². The minimum Gasteiger partial charge on any atom is -0.497 e. The molecule has 0 N–H and O–H groups in total. The first kappa shape index (κ1) is 26.5. The highest BCUT2D eigenvalue weighted by Crippen LogP contribution is 2.25. The topological polar surface area (TPSA) is 54.8 Å². The molecule has 0 spiro atoms. The van der Waals surface area contributed by atoms with Crippen molar-refractivity contribution in [2.75, 3.05) is 20.2 Å². The van der Waals surface area contributed by atoms with Crippen LogP contribution in [0.25, 0.3) is 0 Å². The van der Waals surface area contributed by atoms with Crippen molar-refractivity contribution >= 4 is 11.8 Å². The lowest BCUT2D eigenvalue weighted by Crippen LogP contribution is -2.47. The molecule has 37 heavy (non-hydrogen) atoms. The lowest BCUT2D eigenvalue weighted by atomic mass is 9.94. The maximum atomic E-state index is 13.8. The summed E-state index contributed by atoms with van der Waals surface area (Å²) in [7, 11) is 1.57. The molecule has 1 aromatic heterocycles. The van der Waals surface area contributed by atoms with Gasteiger partial charge in [0.2, 0.25) is 5.91 Å². The van der Waals surface area contributed by atoms with Crippen LogP contribution in [0.1, 0.15) is 60.6 Å². The van der Waals surface area contributed by atoms with Crippen LogP contribution in [0.4, 0.5) is 4.39 Å². The number of nitrogens with zero attached hydrogens (tertiary/aromatic N) is 3. The molecule has 1 heterocycles. The summed E-state index contributed by atoms with van der Waals surface area (Å²) in [5.74, 6) is 0.131. The fourth-order valence-corrected chi connectivity index (χ4v) is 5.04. The molecule has 1 fully saturated rings. The summed E-state index contributed by atoms with van der Waals surface area (Å²) in [5.41, 5.74) is 2.52. The molecule has 0 bridgehead atoms. The fraction of sp³-hybridized carbons (Fsp3) is 0.400. The Labute approximate surface area is 218 Å². The minimum absolute atomic E-state index is 0.0295. The highest BCUT2D eigenvalue weighted by atomic mass is 19.1. The van der Waals surface area contributed by atoms with Crippen molar-refractivity contribution in [2.45, 2.75) is 58.2 Å². The summed E-state index contributed by atoms with van der Waals surface area (Å²) in [4.78, 5) is 30.6. The molecule has 1 aliphatic carbocycles. The summed E-state index contributed by atoms with van der Waals surface area (Å²) in [5, 5.41) is 0. The summed E-state index contributed by atoms with van der Waals surface area (Å²) >= 11 is 0. The smallest absolute Gasteiger partial charge is 0.254 e. The van der Waals surface area contributed by atoms with Gasteiger partial charge in [-0.05, 0) is 67.8 Å². The molecule has 6 nitrogen and oxygen atoms in total. The van der Waals surface area contributed by atoms with Gasteiger partial charge < -0.3 is 19.1 Å². The zero-order valence-corrected chi connectivity index (χ0v) is 21.7. The third-order valence-corrected chi connectivity index (χ3v) is 7.17. The van der Waals surface area contributed by atoms with E-state index < -0.39 is 0 Å². The zero-order chi connectivity index (χ0) is 26.2. The monoisotopic (exact) mass is 505 g/mol. The van der Waals surface area contributed by atoms with Gasteiger partial charge in [-0.2, -0.15) is 0 Å². The maximum Gasteiger partial charge on any atom is 0.254 e. The van der Waals surface area contributed by atoms with Crippen LogP contribution in [0.3, 0.4) is 0 Å². The number of ether oxygens (including phenoxy) is 1. The standard InChI is InChI=1S/C30H36FN3O3/c1-3-32(30(36)24-9-7-13-28(19-24)37-2)22-29(35)34(26-10-5-4-6-11-26)21-27-12-8-18-33(27)20-23-14-16-25(31)17-15-23/h7-9,12-19,26H,3-6,10-11,20-22H2,1-2H3. The molecule has 1 saturated carbocycles. The fourth-order valence-electron chi connectivity index (χ4n) is 5.04. The van der Waals surface area contributed by atoms with Gasteiger partial charge >= 0.3 is 0 Å². The molecule has 0 aliphatic heterocycles. The molecule has 4 rings (SSSR count). The average molecular weight is 506 g/mol. The first-order valence-electron chi connectivity index (χ1n) is 13.1. The molecular weight excluding hydrogens is 469 g/mol. The third-order valence-electron chi connectivity index (χ3n) is 7.17. The SMILES string of the molecule is CCN(CC(=O)N(Cc1cccn1Cc1ccc(F)cc1)C1CCCCC1)C(=O)c1cccc(OC)c1. The predicted octanol–water partition coefficient (Wildman–Crippen LogP) is 5.51. The number of rotatable bonds is 10. The molecular formula is C30H36FN3O3. The Morgan fingerprint density at radius 2 is 1.78 bits per heavy atom. The quantitative estimate of drug-likeness (QED) is 0.365. The highest BCUT2D eigenvalue weighted by molar-refractivity contribution is 5.96. The normalized spacial score (nSPS) is 13.8. The number of likely N-dealkylation sites (N-methyl/N-ethyl adjacent to an activating group) is 1. The number of aromatic nitrogens is 1. The Balaban J connectivity index is 1.52. The molecule has 2 aromatic carbocycles. The van der Waals surface area contributed by atoms with Gasteiger partial charge in [0, 0.05) is 36.6 Å². The lowest BCUT2D eigenvalue weighted by Gasteiger charge is -2.36. The minimum atomic E-state index is -0.255. The van der Waals surface area contributed by atoms with Gasteiger partial charge in [-0.3, -0.25) is 9.59 Å². The van der Waals surface area contributed by atoms with Crippen molar-refractivity contribution in [2.24, 2.45) is 0 Å². The Kier molecular flexibility index (Phi) is 8.99. The van der Waals surface area contributed by atoms with E-state index in [2.05, 4.69) is 4.57 Å². The summed E-state index contributed by atoms with van der Waals surface area (Å²) in [6.07, 6.45) is 7.33. The van der Waals surface area contributed by atoms with Crippen LogP contribution in [0.5, 0.6) is 5.75 Å². The predicted molar refractivity (Wildman–Crippen MR) is 142 cm³/mol. The van der Waals surface area contributed by atoms with E-state index in [0.717, 1.165) is 36.9 Å². The van der Waals surface area contributed by atoms with Gasteiger partial charge in [0.1, 0.15) is 18.1 Å². The largest absolute Gasteiger partial charge is 0.497 e. The van der Waals surface area contributed by atoms with E-state index in [1.807, 2.05) is 30.2 Å². The molecule has 0 atom stereocenters. The number of hydrogen-bond donors (Lipinski definition) is 0. The van der Waals surface area contributed by atoms with E-state index in [0.29, 0.717) is 30.9 Å². The van der Waals surface area contributed by atoms with Gasteiger partial charge in [0.15, 0.2) is 0 Å². The Hall–Kier alpha value is -3.61. The molecule has 3 aromatic rings. The van der Waals surface area contributed by atoms with E-state index in [1.165, 1.54) is 18.6 Å². The van der Waals surface area contributed by atoms with E-state index in [-0.39, 0.29) is 30.2 Å². The summed E-state index contributed by atoms with van der Waals surface area (Å²) in [6, 6.07) is 17.7. The Bertz CT molecular complexity index is 1180. The molecule has 0 unspecified atom stereocenters. The number of amides is 2. The zero-order valence-electron chi connectivity index (χ0n) is 21.7. The van der Waals surface area contributed by atoms with E-state index >= 15 is 0 Å². The summed E-state index contributed by atoms with van der Waals surface area (Å²) in [6.45, 7) is 3.43. The van der Waals surface area contributed by atoms with Gasteiger partial charge in [-0.1, -0.05) is 37.5 Å². The lowest BCUT2D eigenvalue weighted by molar-refractivity contribution is -0.135. The van der Waals surface area contributed by atoms with Crippen LogP contribution in [0, 0.1) is 5.82 Å². The second-order valence-electron chi connectivity index (χ2n) is 9.62. The third kappa shape index (κ3) is 6.79. The first-order chi connectivity index (χ1) is 18.0. The molecule has 0 radical (unpaired) electrons. The van der Waals surface area contributed by atoms with Crippen molar-refractivity contribution in [1.29, 1.82) is 0 Å². The molecule has 7 heteroatoms. The molecule has 2 amide bonds. The Morgan fingerprint density at radius 3 is 2.49 bits per heavy atom. The number of halogens is 1. The van der Waals surface area contributed by atoms with E-state index in [1.54, 1.807) is 48.4 Å². The van der Waals surface area contributed by atoms with Crippen LogP contribution < -0.4 is 4.74 Å². The van der Waals surface area contributed by atoms with Gasteiger partial charge in [0.05, 0.1) is 13.7 Å². The van der Waals surface area contributed by atoms with Crippen molar-refractivity contribution in [3.8, 4) is 5.75 Å². The number of hydrogen-bond acceptors (Lipinski definition) is 3. The van der Waals surface area contributed by atoms with E-state index in [9.17, 15) is 14.0 Å². The number of benzene rings is 2. The van der Waals surface area contributed by atoms with Gasteiger partial charge in [0.25, 0.3) is 5.91 Å². The second kappa shape index (κ2) is 12.6. The molecule has 0 saturated heterocycles. The van der Waals surface area contributed by atoms with Crippen LogP contribution in [-0.4, -0.2) is 52.4 Å². The second-order valence-corrected chi connectivity index (χ2v) is 9.62. The van der Waals surface area contributed by atoms with Crippen LogP contribution >= 0.6 is 0 Å². The molecule has 196 valence electrons. The number of methoxy groups -OCH3 is 1. The number of carbonyl (C=O) groups excluding carboxylic acids is 2. The van der Waals surface area contributed by atoms with Gasteiger partial charge in [-0.15, -0.1) is 0 Å².